The molecule has 0 radical (unpaired) electrons. The van der Waals surface area contributed by atoms with Crippen LogP contribution in [0.5, 0.6) is 0 Å². The van der Waals surface area contributed by atoms with E-state index < -0.39 is 30.3 Å². The summed E-state index contributed by atoms with van der Waals surface area (Å²) in [6.45, 7) is -0.695. The summed E-state index contributed by atoms with van der Waals surface area (Å²) in [6, 6.07) is 4.24. The van der Waals surface area contributed by atoms with Crippen LogP contribution in [-0.4, -0.2) is 46.4 Å². The van der Waals surface area contributed by atoms with Crippen LogP contribution < -0.4 is 0 Å². The van der Waals surface area contributed by atoms with Gasteiger partial charge in [-0.05, 0) is 74.0 Å². The van der Waals surface area contributed by atoms with Gasteiger partial charge in [0.1, 0.15) is 12.6 Å². The van der Waals surface area contributed by atoms with Gasteiger partial charge in [0, 0.05) is 0 Å². The molecule has 5 aliphatic rings. The number of nitrogens with zero attached hydrogens (tertiary/aromatic N) is 1. The number of carbonyl (C=O) groups excluding carboxylic acids is 3. The molecule has 0 saturated heterocycles. The number of aliphatic carboxylic acids is 1. The molecule has 1 heterocycles. The van der Waals surface area contributed by atoms with Crippen molar-refractivity contribution in [3.63, 3.8) is 0 Å². The van der Waals surface area contributed by atoms with E-state index in [1.54, 1.807) is 0 Å². The molecule has 2 amide bonds. The first-order valence-corrected chi connectivity index (χ1v) is 9.83. The number of hydrogen-bond acceptors (Lipinski definition) is 5. The fourth-order valence-electron chi connectivity index (χ4n) is 5.96. The fourth-order valence-corrected chi connectivity index (χ4v) is 5.96. The van der Waals surface area contributed by atoms with Crippen molar-refractivity contribution in [2.45, 2.75) is 38.2 Å². The molecule has 7 heteroatoms. The lowest BCUT2D eigenvalue weighted by Gasteiger charge is -2.53. The summed E-state index contributed by atoms with van der Waals surface area (Å²) in [7, 11) is 0. The van der Waals surface area contributed by atoms with E-state index in [1.807, 2.05) is 0 Å². The molecule has 0 unspecified atom stereocenters. The predicted octanol–water partition coefficient (Wildman–Crippen LogP) is 2.35. The number of ether oxygens (including phenoxy) is 1. The molecule has 6 rings (SSSR count). The minimum Gasteiger partial charge on any atom is -0.480 e. The first-order chi connectivity index (χ1) is 13.4. The van der Waals surface area contributed by atoms with Crippen LogP contribution in [0.2, 0.25) is 0 Å². The van der Waals surface area contributed by atoms with Crippen molar-refractivity contribution < 1.29 is 29.0 Å². The summed E-state index contributed by atoms with van der Waals surface area (Å²) >= 11 is 0. The highest BCUT2D eigenvalue weighted by Crippen LogP contribution is 2.54. The third-order valence-electron chi connectivity index (χ3n) is 6.88. The largest absolute Gasteiger partial charge is 0.480 e. The molecular weight excluding hydrogens is 362 g/mol. The predicted molar refractivity (Wildman–Crippen MR) is 95.7 cm³/mol. The van der Waals surface area contributed by atoms with E-state index in [0.717, 1.165) is 37.5 Å². The molecule has 28 heavy (non-hydrogen) atoms. The number of carboxylic acid groups (broad SMARTS) is 1. The van der Waals surface area contributed by atoms with E-state index in [2.05, 4.69) is 0 Å². The lowest BCUT2D eigenvalue weighted by Crippen LogP contribution is -2.50. The molecule has 0 spiro atoms. The van der Waals surface area contributed by atoms with Gasteiger partial charge in [0.25, 0.3) is 11.8 Å². The van der Waals surface area contributed by atoms with Crippen molar-refractivity contribution in [3.05, 3.63) is 34.9 Å². The van der Waals surface area contributed by atoms with E-state index in [4.69, 9.17) is 9.84 Å². The molecule has 4 saturated carbocycles. The van der Waals surface area contributed by atoms with E-state index in [1.165, 1.54) is 24.6 Å². The van der Waals surface area contributed by atoms with Crippen LogP contribution in [0, 0.1) is 23.7 Å². The monoisotopic (exact) mass is 383 g/mol. The number of benzene rings is 1. The third kappa shape index (κ3) is 2.64. The summed E-state index contributed by atoms with van der Waals surface area (Å²) in [5.41, 5.74) is 0.411. The van der Waals surface area contributed by atoms with Crippen LogP contribution in [0.25, 0.3) is 0 Å². The maximum absolute atomic E-state index is 12.8. The Morgan fingerprint density at radius 2 is 1.57 bits per heavy atom. The normalized spacial score (nSPS) is 32.6. The SMILES string of the molecule is O=C(O)CN1C(=O)c2ccc(C(=O)OC3C4CC5CC(C4)CC3C5)cc2C1=O. The highest BCUT2D eigenvalue weighted by Gasteiger charge is 2.50. The second kappa shape index (κ2) is 6.15. The van der Waals surface area contributed by atoms with E-state index in [-0.39, 0.29) is 22.8 Å². The first-order valence-electron chi connectivity index (χ1n) is 9.83. The first kappa shape index (κ1) is 17.4. The number of carboxylic acids is 1. The topological polar surface area (TPSA) is 101 Å². The van der Waals surface area contributed by atoms with Gasteiger partial charge in [0.05, 0.1) is 16.7 Å². The Bertz CT molecular complexity index is 878. The van der Waals surface area contributed by atoms with Crippen molar-refractivity contribution in [2.24, 2.45) is 23.7 Å². The van der Waals surface area contributed by atoms with Gasteiger partial charge in [-0.2, -0.15) is 0 Å². The van der Waals surface area contributed by atoms with E-state index >= 15 is 0 Å². The number of rotatable bonds is 4. The van der Waals surface area contributed by atoms with Crippen LogP contribution in [0.1, 0.15) is 63.2 Å². The molecule has 1 aliphatic heterocycles. The van der Waals surface area contributed by atoms with Gasteiger partial charge in [-0.1, -0.05) is 0 Å². The number of imide groups is 1. The summed E-state index contributed by atoms with van der Waals surface area (Å²) in [4.78, 5) is 49.0. The number of hydrogen-bond donors (Lipinski definition) is 1. The van der Waals surface area contributed by atoms with Crippen molar-refractivity contribution >= 4 is 23.8 Å². The standard InChI is InChI=1S/C21H21NO6/c23-17(24)9-22-19(25)15-2-1-12(8-16(15)20(22)26)21(27)28-18-13-4-10-3-11(6-13)7-14(18)5-10/h1-2,8,10-11,13-14,18H,3-7,9H2,(H,23,24). The van der Waals surface area contributed by atoms with Crippen molar-refractivity contribution in [1.82, 2.24) is 4.90 Å². The Labute approximate surface area is 161 Å². The molecule has 1 aromatic carbocycles. The quantitative estimate of drug-likeness (QED) is 0.633. The molecule has 7 nitrogen and oxygen atoms in total. The average molecular weight is 383 g/mol. The van der Waals surface area contributed by atoms with Crippen molar-refractivity contribution in [3.8, 4) is 0 Å². The van der Waals surface area contributed by atoms with Gasteiger partial charge in [-0.15, -0.1) is 0 Å². The lowest BCUT2D eigenvalue weighted by atomic mass is 9.55. The molecular formula is C21H21NO6. The molecule has 146 valence electrons. The third-order valence-corrected chi connectivity index (χ3v) is 6.88. The summed E-state index contributed by atoms with van der Waals surface area (Å²) in [5.74, 6) is -0.654. The van der Waals surface area contributed by atoms with Gasteiger partial charge in [0.2, 0.25) is 0 Å². The molecule has 4 fully saturated rings. The number of esters is 1. The maximum atomic E-state index is 12.8. The minimum atomic E-state index is -1.27. The Balaban J connectivity index is 1.35. The summed E-state index contributed by atoms with van der Waals surface area (Å²) < 4.78 is 5.88. The van der Waals surface area contributed by atoms with Crippen LogP contribution in [0.4, 0.5) is 0 Å². The minimum absolute atomic E-state index is 0.0607. The summed E-state index contributed by atoms with van der Waals surface area (Å²) in [5, 5.41) is 8.89. The molecule has 0 atom stereocenters. The zero-order valence-corrected chi connectivity index (χ0v) is 15.3. The fraction of sp³-hybridized carbons (Fsp3) is 0.524. The van der Waals surface area contributed by atoms with Crippen LogP contribution in [-0.2, 0) is 9.53 Å². The van der Waals surface area contributed by atoms with Gasteiger partial charge >= 0.3 is 11.9 Å². The molecule has 4 aliphatic carbocycles. The highest BCUT2D eigenvalue weighted by molar-refractivity contribution is 6.22. The summed E-state index contributed by atoms with van der Waals surface area (Å²) in [6.07, 6.45) is 5.79. The molecule has 4 bridgehead atoms. The smallest absolute Gasteiger partial charge is 0.338 e. The van der Waals surface area contributed by atoms with Crippen LogP contribution in [0.3, 0.4) is 0 Å². The number of carbonyl (C=O) groups is 4. The zero-order chi connectivity index (χ0) is 19.6. The molecule has 0 aromatic heterocycles. The highest BCUT2D eigenvalue weighted by atomic mass is 16.5. The lowest BCUT2D eigenvalue weighted by molar-refractivity contribution is -0.137. The van der Waals surface area contributed by atoms with Crippen LogP contribution >= 0.6 is 0 Å². The molecule has 1 N–H and O–H groups in total. The van der Waals surface area contributed by atoms with Gasteiger partial charge < -0.3 is 9.84 Å². The maximum Gasteiger partial charge on any atom is 0.338 e. The Hall–Kier alpha value is -2.70. The van der Waals surface area contributed by atoms with Crippen molar-refractivity contribution in [2.75, 3.05) is 6.54 Å². The van der Waals surface area contributed by atoms with Gasteiger partial charge in [-0.3, -0.25) is 19.3 Å². The Kier molecular flexibility index (Phi) is 3.82. The number of fused-ring (bicyclic) bond motifs is 1. The van der Waals surface area contributed by atoms with Crippen molar-refractivity contribution in [1.29, 1.82) is 0 Å². The Morgan fingerprint density at radius 3 is 2.18 bits per heavy atom. The zero-order valence-electron chi connectivity index (χ0n) is 15.3. The second-order valence-corrected chi connectivity index (χ2v) is 8.65. The molecule has 1 aromatic rings. The van der Waals surface area contributed by atoms with Gasteiger partial charge in [-0.25, -0.2) is 4.79 Å². The average Bonchev–Trinajstić information content (AvgIpc) is 2.88. The van der Waals surface area contributed by atoms with E-state index in [9.17, 15) is 19.2 Å². The second-order valence-electron chi connectivity index (χ2n) is 8.65. The Morgan fingerprint density at radius 1 is 0.964 bits per heavy atom. The van der Waals surface area contributed by atoms with E-state index in [0.29, 0.717) is 16.7 Å². The van der Waals surface area contributed by atoms with Crippen LogP contribution in [0.15, 0.2) is 18.2 Å². The number of amides is 2. The van der Waals surface area contributed by atoms with Gasteiger partial charge in [0.15, 0.2) is 0 Å².